The molecule has 0 saturated heterocycles. The maximum atomic E-state index is 12.1. The van der Waals surface area contributed by atoms with Crippen LogP contribution in [0.1, 0.15) is 29.8 Å². The number of nitrogens with two attached hydrogens (primary N) is 1. The standard InChI is InChI=1S/C14H19BrN2O2/c1-9(2)12(15)14(19)17(3)8-10-4-6-11(7-5-10)13(16)18/h4-7,9,12H,8H2,1-3H3,(H2,16,18). The van der Waals surface area contributed by atoms with E-state index in [2.05, 4.69) is 15.9 Å². The van der Waals surface area contributed by atoms with Crippen molar-refractivity contribution in [3.8, 4) is 0 Å². The Labute approximate surface area is 122 Å². The summed E-state index contributed by atoms with van der Waals surface area (Å²) in [6, 6.07) is 6.96. The maximum absolute atomic E-state index is 12.1. The highest BCUT2D eigenvalue weighted by Gasteiger charge is 2.22. The minimum Gasteiger partial charge on any atom is -0.366 e. The fourth-order valence-corrected chi connectivity index (χ4v) is 1.97. The number of primary amides is 1. The lowest BCUT2D eigenvalue weighted by Crippen LogP contribution is -2.35. The van der Waals surface area contributed by atoms with Gasteiger partial charge in [0.25, 0.3) is 0 Å². The predicted molar refractivity (Wildman–Crippen MR) is 79.0 cm³/mol. The Hall–Kier alpha value is -1.36. The van der Waals surface area contributed by atoms with Gasteiger partial charge in [0.05, 0.1) is 4.83 Å². The van der Waals surface area contributed by atoms with Gasteiger partial charge in [-0.3, -0.25) is 9.59 Å². The molecule has 104 valence electrons. The summed E-state index contributed by atoms with van der Waals surface area (Å²) in [5, 5.41) is 0. The first kappa shape index (κ1) is 15.7. The van der Waals surface area contributed by atoms with Gasteiger partial charge in [-0.15, -0.1) is 0 Å². The summed E-state index contributed by atoms with van der Waals surface area (Å²) >= 11 is 3.40. The zero-order chi connectivity index (χ0) is 14.6. The molecule has 1 aromatic carbocycles. The van der Waals surface area contributed by atoms with Gasteiger partial charge in [-0.2, -0.15) is 0 Å². The molecule has 5 heteroatoms. The van der Waals surface area contributed by atoms with Gasteiger partial charge in [0.15, 0.2) is 0 Å². The second-order valence-corrected chi connectivity index (χ2v) is 5.89. The number of carbonyl (C=O) groups excluding carboxylic acids is 2. The molecule has 0 aliphatic carbocycles. The van der Waals surface area contributed by atoms with Crippen molar-refractivity contribution in [3.63, 3.8) is 0 Å². The van der Waals surface area contributed by atoms with Crippen LogP contribution in [0.3, 0.4) is 0 Å². The van der Waals surface area contributed by atoms with Crippen LogP contribution < -0.4 is 5.73 Å². The zero-order valence-electron chi connectivity index (χ0n) is 11.4. The summed E-state index contributed by atoms with van der Waals surface area (Å²) in [5.41, 5.74) is 6.61. The summed E-state index contributed by atoms with van der Waals surface area (Å²) in [6.07, 6.45) is 0. The van der Waals surface area contributed by atoms with E-state index >= 15 is 0 Å². The summed E-state index contributed by atoms with van der Waals surface area (Å²) in [6.45, 7) is 4.49. The van der Waals surface area contributed by atoms with Gasteiger partial charge in [0, 0.05) is 19.2 Å². The molecule has 4 nitrogen and oxygen atoms in total. The van der Waals surface area contributed by atoms with Crippen molar-refractivity contribution in [1.29, 1.82) is 0 Å². The summed E-state index contributed by atoms with van der Waals surface area (Å²) in [4.78, 5) is 24.5. The third kappa shape index (κ3) is 4.35. The van der Waals surface area contributed by atoms with E-state index in [4.69, 9.17) is 5.73 Å². The Morgan fingerprint density at radius 1 is 1.26 bits per heavy atom. The Kier molecular flexibility index (Phi) is 5.54. The molecule has 19 heavy (non-hydrogen) atoms. The molecule has 0 radical (unpaired) electrons. The summed E-state index contributed by atoms with van der Waals surface area (Å²) in [5.74, 6) is -0.155. The lowest BCUT2D eigenvalue weighted by molar-refractivity contribution is -0.130. The molecule has 0 saturated carbocycles. The van der Waals surface area contributed by atoms with E-state index in [1.165, 1.54) is 0 Å². The third-order valence-electron chi connectivity index (χ3n) is 2.86. The number of benzene rings is 1. The highest BCUT2D eigenvalue weighted by atomic mass is 79.9. The monoisotopic (exact) mass is 326 g/mol. The molecule has 0 fully saturated rings. The van der Waals surface area contributed by atoms with Gasteiger partial charge in [0.2, 0.25) is 11.8 Å². The third-order valence-corrected chi connectivity index (χ3v) is 4.30. The second kappa shape index (κ2) is 6.70. The fourth-order valence-electron chi connectivity index (χ4n) is 1.62. The van der Waals surface area contributed by atoms with Crippen molar-refractivity contribution in [3.05, 3.63) is 35.4 Å². The number of rotatable bonds is 5. The SMILES string of the molecule is CC(C)C(Br)C(=O)N(C)Cc1ccc(C(N)=O)cc1. The summed E-state index contributed by atoms with van der Waals surface area (Å²) < 4.78 is 0. The Bertz CT molecular complexity index is 457. The van der Waals surface area contributed by atoms with Crippen molar-refractivity contribution < 1.29 is 9.59 Å². The van der Waals surface area contributed by atoms with E-state index in [-0.39, 0.29) is 16.7 Å². The molecular weight excluding hydrogens is 308 g/mol. The number of hydrogen-bond acceptors (Lipinski definition) is 2. The van der Waals surface area contributed by atoms with Crippen LogP contribution in [0.5, 0.6) is 0 Å². The molecule has 1 unspecified atom stereocenters. The van der Waals surface area contributed by atoms with Crippen LogP contribution in [-0.4, -0.2) is 28.6 Å². The first-order valence-corrected chi connectivity index (χ1v) is 7.02. The van der Waals surface area contributed by atoms with Crippen molar-refractivity contribution in [2.45, 2.75) is 25.2 Å². The molecule has 1 atom stereocenters. The minimum atomic E-state index is -0.448. The van der Waals surface area contributed by atoms with Crippen LogP contribution in [0, 0.1) is 5.92 Å². The van der Waals surface area contributed by atoms with Crippen molar-refractivity contribution in [2.75, 3.05) is 7.05 Å². The number of nitrogens with zero attached hydrogens (tertiary/aromatic N) is 1. The minimum absolute atomic E-state index is 0.0500. The van der Waals surface area contributed by atoms with Gasteiger partial charge in [0.1, 0.15) is 0 Å². The number of alkyl halides is 1. The van der Waals surface area contributed by atoms with Crippen LogP contribution in [0.2, 0.25) is 0 Å². The van der Waals surface area contributed by atoms with Crippen LogP contribution in [-0.2, 0) is 11.3 Å². The average molecular weight is 327 g/mol. The number of halogens is 1. The molecule has 0 bridgehead atoms. The zero-order valence-corrected chi connectivity index (χ0v) is 13.0. The summed E-state index contributed by atoms with van der Waals surface area (Å²) in [7, 11) is 1.76. The lowest BCUT2D eigenvalue weighted by Gasteiger charge is -2.22. The molecule has 0 heterocycles. The highest BCUT2D eigenvalue weighted by molar-refractivity contribution is 9.10. The number of amides is 2. The first-order valence-electron chi connectivity index (χ1n) is 6.10. The number of hydrogen-bond donors (Lipinski definition) is 1. The number of carbonyl (C=O) groups is 2. The molecule has 2 N–H and O–H groups in total. The average Bonchev–Trinajstić information content (AvgIpc) is 2.37. The highest BCUT2D eigenvalue weighted by Crippen LogP contribution is 2.16. The van der Waals surface area contributed by atoms with Crippen LogP contribution >= 0.6 is 15.9 Å². The van der Waals surface area contributed by atoms with E-state index in [1.54, 1.807) is 24.1 Å². The van der Waals surface area contributed by atoms with Crippen LogP contribution in [0.4, 0.5) is 0 Å². The van der Waals surface area contributed by atoms with Crippen molar-refractivity contribution in [1.82, 2.24) is 4.90 Å². The molecule has 2 amide bonds. The largest absolute Gasteiger partial charge is 0.366 e. The normalized spacial score (nSPS) is 12.3. The lowest BCUT2D eigenvalue weighted by atomic mass is 10.1. The van der Waals surface area contributed by atoms with Crippen molar-refractivity contribution >= 4 is 27.7 Å². The molecule has 0 aromatic heterocycles. The first-order chi connectivity index (χ1) is 8.82. The van der Waals surface area contributed by atoms with Gasteiger partial charge < -0.3 is 10.6 Å². The fraction of sp³-hybridized carbons (Fsp3) is 0.429. The van der Waals surface area contributed by atoms with Gasteiger partial charge in [-0.25, -0.2) is 0 Å². The molecule has 0 aliphatic rings. The molecule has 1 aromatic rings. The van der Waals surface area contributed by atoms with E-state index in [1.807, 2.05) is 26.0 Å². The molecule has 0 aliphatic heterocycles. The van der Waals surface area contributed by atoms with Crippen LogP contribution in [0.25, 0.3) is 0 Å². The van der Waals surface area contributed by atoms with E-state index in [0.717, 1.165) is 5.56 Å². The topological polar surface area (TPSA) is 63.4 Å². The van der Waals surface area contributed by atoms with Crippen molar-refractivity contribution in [2.24, 2.45) is 11.7 Å². The van der Waals surface area contributed by atoms with E-state index < -0.39 is 5.91 Å². The molecular formula is C14H19BrN2O2. The molecule has 1 rings (SSSR count). The predicted octanol–water partition coefficient (Wildman–Crippen LogP) is 2.16. The smallest absolute Gasteiger partial charge is 0.248 e. The maximum Gasteiger partial charge on any atom is 0.248 e. The van der Waals surface area contributed by atoms with E-state index in [0.29, 0.717) is 12.1 Å². The quantitative estimate of drug-likeness (QED) is 0.843. The second-order valence-electron chi connectivity index (χ2n) is 4.90. The van der Waals surface area contributed by atoms with Gasteiger partial charge in [-0.05, 0) is 23.6 Å². The Balaban J connectivity index is 2.69. The van der Waals surface area contributed by atoms with Crippen LogP contribution in [0.15, 0.2) is 24.3 Å². The molecule has 0 spiro atoms. The van der Waals surface area contributed by atoms with Gasteiger partial charge in [-0.1, -0.05) is 41.9 Å². The Morgan fingerprint density at radius 2 is 1.79 bits per heavy atom. The van der Waals surface area contributed by atoms with Gasteiger partial charge >= 0.3 is 0 Å². The van der Waals surface area contributed by atoms with E-state index in [9.17, 15) is 9.59 Å². The Morgan fingerprint density at radius 3 is 2.21 bits per heavy atom.